The van der Waals surface area contributed by atoms with E-state index in [1.807, 2.05) is 28.9 Å². The van der Waals surface area contributed by atoms with Crippen molar-refractivity contribution in [2.24, 2.45) is 0 Å². The molecule has 0 atom stereocenters. The standard InChI is InChI=1S/C16H22N2O3S/c1-2-4-14(19)17-8-6-16(7-9-17)18(15(20)12-22-16)11-13-5-3-10-21-13/h3,5,10H,2,4,6-9,11-12H2,1H3. The van der Waals surface area contributed by atoms with Gasteiger partial charge in [-0.3, -0.25) is 9.59 Å². The summed E-state index contributed by atoms with van der Waals surface area (Å²) in [6, 6.07) is 3.76. The molecule has 22 heavy (non-hydrogen) atoms. The highest BCUT2D eigenvalue weighted by molar-refractivity contribution is 8.01. The number of carbonyl (C=O) groups is 2. The van der Waals surface area contributed by atoms with Crippen molar-refractivity contribution in [2.45, 2.75) is 44.0 Å². The van der Waals surface area contributed by atoms with Gasteiger partial charge in [0.05, 0.1) is 23.4 Å². The summed E-state index contributed by atoms with van der Waals surface area (Å²) in [6.07, 6.45) is 4.84. The lowest BCUT2D eigenvalue weighted by Gasteiger charge is -2.43. The summed E-state index contributed by atoms with van der Waals surface area (Å²) in [5, 5.41) is 0. The second-order valence-electron chi connectivity index (χ2n) is 5.92. The number of thioether (sulfide) groups is 1. The van der Waals surface area contributed by atoms with Crippen LogP contribution in [0.5, 0.6) is 0 Å². The zero-order valence-electron chi connectivity index (χ0n) is 12.9. The van der Waals surface area contributed by atoms with Crippen molar-refractivity contribution in [3.8, 4) is 0 Å². The summed E-state index contributed by atoms with van der Waals surface area (Å²) < 4.78 is 5.40. The molecule has 1 aromatic rings. The summed E-state index contributed by atoms with van der Waals surface area (Å²) in [7, 11) is 0. The van der Waals surface area contributed by atoms with Gasteiger partial charge < -0.3 is 14.2 Å². The Morgan fingerprint density at radius 2 is 2.18 bits per heavy atom. The van der Waals surface area contributed by atoms with Crippen molar-refractivity contribution < 1.29 is 14.0 Å². The van der Waals surface area contributed by atoms with Gasteiger partial charge in [0, 0.05) is 19.5 Å². The molecule has 2 saturated heterocycles. The van der Waals surface area contributed by atoms with Crippen LogP contribution in [0.15, 0.2) is 22.8 Å². The average molecular weight is 322 g/mol. The smallest absolute Gasteiger partial charge is 0.234 e. The van der Waals surface area contributed by atoms with Gasteiger partial charge in [-0.05, 0) is 31.4 Å². The molecule has 0 radical (unpaired) electrons. The Balaban J connectivity index is 1.67. The van der Waals surface area contributed by atoms with Gasteiger partial charge in [-0.15, -0.1) is 11.8 Å². The molecule has 1 aromatic heterocycles. The molecule has 0 N–H and O–H groups in total. The van der Waals surface area contributed by atoms with Gasteiger partial charge in [-0.25, -0.2) is 0 Å². The predicted octanol–water partition coefficient (Wildman–Crippen LogP) is 2.47. The molecule has 5 nitrogen and oxygen atoms in total. The lowest BCUT2D eigenvalue weighted by molar-refractivity contribution is -0.136. The zero-order valence-corrected chi connectivity index (χ0v) is 13.7. The van der Waals surface area contributed by atoms with E-state index in [2.05, 4.69) is 0 Å². The maximum Gasteiger partial charge on any atom is 0.234 e. The van der Waals surface area contributed by atoms with E-state index >= 15 is 0 Å². The summed E-state index contributed by atoms with van der Waals surface area (Å²) in [5.41, 5.74) is 0. The van der Waals surface area contributed by atoms with E-state index in [4.69, 9.17) is 4.42 Å². The number of piperidine rings is 1. The van der Waals surface area contributed by atoms with Gasteiger partial charge in [-0.1, -0.05) is 6.92 Å². The zero-order chi connectivity index (χ0) is 15.6. The summed E-state index contributed by atoms with van der Waals surface area (Å²) in [6.45, 7) is 4.04. The number of rotatable bonds is 4. The van der Waals surface area contributed by atoms with E-state index in [0.717, 1.165) is 38.1 Å². The molecule has 1 spiro atoms. The van der Waals surface area contributed by atoms with Crippen LogP contribution in [0.3, 0.4) is 0 Å². The summed E-state index contributed by atoms with van der Waals surface area (Å²) in [4.78, 5) is 28.0. The molecule has 2 fully saturated rings. The molecule has 0 aliphatic carbocycles. The molecule has 3 rings (SSSR count). The number of amides is 2. The Morgan fingerprint density at radius 3 is 2.82 bits per heavy atom. The third-order valence-electron chi connectivity index (χ3n) is 4.51. The molecule has 2 aliphatic rings. The number of nitrogens with zero attached hydrogens (tertiary/aromatic N) is 2. The lowest BCUT2D eigenvalue weighted by atomic mass is 10.0. The first kappa shape index (κ1) is 15.5. The number of carbonyl (C=O) groups excluding carboxylic acids is 2. The van der Waals surface area contributed by atoms with Crippen LogP contribution in [0.25, 0.3) is 0 Å². The predicted molar refractivity (Wildman–Crippen MR) is 85.2 cm³/mol. The molecule has 0 aromatic carbocycles. The summed E-state index contributed by atoms with van der Waals surface area (Å²) in [5.74, 6) is 1.77. The van der Waals surface area contributed by atoms with Crippen LogP contribution in [-0.2, 0) is 16.1 Å². The normalized spacial score (nSPS) is 20.9. The Kier molecular flexibility index (Phi) is 4.47. The molecule has 2 amide bonds. The van der Waals surface area contributed by atoms with Gasteiger partial charge in [-0.2, -0.15) is 0 Å². The van der Waals surface area contributed by atoms with E-state index < -0.39 is 0 Å². The Bertz CT molecular complexity index is 536. The Hall–Kier alpha value is -1.43. The van der Waals surface area contributed by atoms with E-state index in [0.29, 0.717) is 18.7 Å². The molecule has 120 valence electrons. The van der Waals surface area contributed by atoms with Gasteiger partial charge in [0.2, 0.25) is 11.8 Å². The second-order valence-corrected chi connectivity index (χ2v) is 7.26. The Labute approximate surface area is 135 Å². The summed E-state index contributed by atoms with van der Waals surface area (Å²) >= 11 is 1.73. The van der Waals surface area contributed by atoms with Gasteiger partial charge >= 0.3 is 0 Å². The molecular formula is C16H22N2O3S. The van der Waals surface area contributed by atoms with Crippen LogP contribution >= 0.6 is 11.8 Å². The minimum Gasteiger partial charge on any atom is -0.467 e. The highest BCUT2D eigenvalue weighted by atomic mass is 32.2. The maximum atomic E-state index is 12.3. The quantitative estimate of drug-likeness (QED) is 0.854. The van der Waals surface area contributed by atoms with Crippen molar-refractivity contribution in [2.75, 3.05) is 18.8 Å². The molecular weight excluding hydrogens is 300 g/mol. The van der Waals surface area contributed by atoms with E-state index in [1.165, 1.54) is 0 Å². The minimum atomic E-state index is -0.160. The lowest BCUT2D eigenvalue weighted by Crippen LogP contribution is -2.52. The average Bonchev–Trinajstić information content (AvgIpc) is 3.13. The van der Waals surface area contributed by atoms with Crippen LogP contribution in [0.1, 0.15) is 38.4 Å². The fourth-order valence-corrected chi connectivity index (χ4v) is 4.60. The van der Waals surface area contributed by atoms with Crippen molar-refractivity contribution in [1.82, 2.24) is 9.80 Å². The first-order chi connectivity index (χ1) is 10.6. The molecule has 0 unspecified atom stereocenters. The number of likely N-dealkylation sites (tertiary alicyclic amines) is 1. The number of hydrogen-bond acceptors (Lipinski definition) is 4. The van der Waals surface area contributed by atoms with Crippen LogP contribution in [0, 0.1) is 0 Å². The number of hydrogen-bond donors (Lipinski definition) is 0. The van der Waals surface area contributed by atoms with Crippen molar-refractivity contribution in [3.63, 3.8) is 0 Å². The highest BCUT2D eigenvalue weighted by Crippen LogP contribution is 2.45. The topological polar surface area (TPSA) is 53.8 Å². The fraction of sp³-hybridized carbons (Fsp3) is 0.625. The molecule has 3 heterocycles. The van der Waals surface area contributed by atoms with E-state index in [9.17, 15) is 9.59 Å². The Morgan fingerprint density at radius 1 is 1.41 bits per heavy atom. The van der Waals surface area contributed by atoms with Crippen molar-refractivity contribution in [3.05, 3.63) is 24.2 Å². The van der Waals surface area contributed by atoms with Crippen LogP contribution in [-0.4, -0.2) is 45.3 Å². The van der Waals surface area contributed by atoms with Gasteiger partial charge in [0.1, 0.15) is 5.76 Å². The molecule has 0 bridgehead atoms. The van der Waals surface area contributed by atoms with Crippen LogP contribution in [0.4, 0.5) is 0 Å². The largest absolute Gasteiger partial charge is 0.467 e. The maximum absolute atomic E-state index is 12.3. The minimum absolute atomic E-state index is 0.160. The van der Waals surface area contributed by atoms with Crippen LogP contribution in [0.2, 0.25) is 0 Å². The third kappa shape index (κ3) is 2.89. The number of furan rings is 1. The first-order valence-electron chi connectivity index (χ1n) is 7.89. The van der Waals surface area contributed by atoms with Gasteiger partial charge in [0.25, 0.3) is 0 Å². The monoisotopic (exact) mass is 322 g/mol. The molecule has 2 aliphatic heterocycles. The molecule has 6 heteroatoms. The first-order valence-corrected chi connectivity index (χ1v) is 8.88. The highest BCUT2D eigenvalue weighted by Gasteiger charge is 2.48. The van der Waals surface area contributed by atoms with E-state index in [-0.39, 0.29) is 16.7 Å². The molecule has 0 saturated carbocycles. The van der Waals surface area contributed by atoms with Gasteiger partial charge in [0.15, 0.2) is 0 Å². The van der Waals surface area contributed by atoms with Crippen molar-refractivity contribution >= 4 is 23.6 Å². The third-order valence-corrected chi connectivity index (χ3v) is 6.07. The van der Waals surface area contributed by atoms with Crippen molar-refractivity contribution in [1.29, 1.82) is 0 Å². The second kappa shape index (κ2) is 6.36. The fourth-order valence-electron chi connectivity index (χ4n) is 3.26. The SMILES string of the molecule is CCCC(=O)N1CCC2(CC1)SCC(=O)N2Cc1ccco1. The van der Waals surface area contributed by atoms with E-state index in [1.54, 1.807) is 18.0 Å². The van der Waals surface area contributed by atoms with Crippen LogP contribution < -0.4 is 0 Å².